The molecule has 0 saturated carbocycles. The standard InChI is InChI=1S/C16H17N3O5S/c1-17-16(21)18-11-7-9-12(10-8-11)19-25(22,23)14-6-4-3-5-13(14)15(20)24-2/h3-10,19H,1-2H3,(H2,17,18,21). The fourth-order valence-corrected chi connectivity index (χ4v) is 3.26. The van der Waals surface area contributed by atoms with Crippen molar-refractivity contribution in [2.45, 2.75) is 4.90 Å². The number of carbonyl (C=O) groups is 2. The number of amides is 2. The van der Waals surface area contributed by atoms with Crippen molar-refractivity contribution in [3.63, 3.8) is 0 Å². The molecule has 0 unspecified atom stereocenters. The van der Waals surface area contributed by atoms with Crippen molar-refractivity contribution in [2.24, 2.45) is 0 Å². The van der Waals surface area contributed by atoms with E-state index in [9.17, 15) is 18.0 Å². The molecule has 0 aliphatic carbocycles. The van der Waals surface area contributed by atoms with Crippen molar-refractivity contribution < 1.29 is 22.7 Å². The highest BCUT2D eigenvalue weighted by molar-refractivity contribution is 7.92. The van der Waals surface area contributed by atoms with Crippen LogP contribution < -0.4 is 15.4 Å². The molecule has 0 aromatic heterocycles. The number of nitrogens with one attached hydrogen (secondary N) is 3. The summed E-state index contributed by atoms with van der Waals surface area (Å²) in [7, 11) is -1.33. The van der Waals surface area contributed by atoms with E-state index in [2.05, 4.69) is 20.1 Å². The maximum Gasteiger partial charge on any atom is 0.339 e. The topological polar surface area (TPSA) is 114 Å². The number of methoxy groups -OCH3 is 1. The van der Waals surface area contributed by atoms with Crippen molar-refractivity contribution in [2.75, 3.05) is 24.2 Å². The van der Waals surface area contributed by atoms with E-state index in [-0.39, 0.29) is 22.2 Å². The third kappa shape index (κ3) is 4.48. The van der Waals surface area contributed by atoms with Gasteiger partial charge in [0.2, 0.25) is 0 Å². The molecule has 2 rings (SSSR count). The van der Waals surface area contributed by atoms with E-state index < -0.39 is 16.0 Å². The number of rotatable bonds is 5. The van der Waals surface area contributed by atoms with Gasteiger partial charge in [-0.2, -0.15) is 0 Å². The molecular formula is C16H17N3O5S. The summed E-state index contributed by atoms with van der Waals surface area (Å²) in [4.78, 5) is 22.8. The van der Waals surface area contributed by atoms with Crippen molar-refractivity contribution in [1.82, 2.24) is 5.32 Å². The van der Waals surface area contributed by atoms with Gasteiger partial charge in [0, 0.05) is 18.4 Å². The zero-order valence-corrected chi connectivity index (χ0v) is 14.4. The van der Waals surface area contributed by atoms with E-state index in [1.165, 1.54) is 44.5 Å². The van der Waals surface area contributed by atoms with Crippen LogP contribution in [0.25, 0.3) is 0 Å². The molecule has 0 bridgehead atoms. The van der Waals surface area contributed by atoms with Crippen LogP contribution in [0.4, 0.5) is 16.2 Å². The Labute approximate surface area is 145 Å². The Balaban J connectivity index is 2.25. The van der Waals surface area contributed by atoms with Crippen LogP contribution in [-0.4, -0.2) is 34.6 Å². The van der Waals surface area contributed by atoms with Gasteiger partial charge in [-0.05, 0) is 36.4 Å². The predicted molar refractivity (Wildman–Crippen MR) is 93.1 cm³/mol. The monoisotopic (exact) mass is 363 g/mol. The number of benzene rings is 2. The second kappa shape index (κ2) is 7.67. The molecule has 2 aromatic carbocycles. The lowest BCUT2D eigenvalue weighted by molar-refractivity contribution is 0.0596. The molecule has 0 saturated heterocycles. The smallest absolute Gasteiger partial charge is 0.339 e. The number of ether oxygens (including phenoxy) is 1. The number of esters is 1. The lowest BCUT2D eigenvalue weighted by Gasteiger charge is -2.12. The van der Waals surface area contributed by atoms with Gasteiger partial charge >= 0.3 is 12.0 Å². The maximum absolute atomic E-state index is 12.6. The minimum Gasteiger partial charge on any atom is -0.465 e. The molecule has 3 N–H and O–H groups in total. The number of hydrogen-bond donors (Lipinski definition) is 3. The summed E-state index contributed by atoms with van der Waals surface area (Å²) in [6.45, 7) is 0. The van der Waals surface area contributed by atoms with Crippen molar-refractivity contribution in [1.29, 1.82) is 0 Å². The van der Waals surface area contributed by atoms with Gasteiger partial charge in [-0.3, -0.25) is 4.72 Å². The Bertz CT molecular complexity index is 879. The molecule has 0 aliphatic rings. The van der Waals surface area contributed by atoms with Crippen molar-refractivity contribution >= 4 is 33.4 Å². The second-order valence-electron chi connectivity index (χ2n) is 4.87. The molecule has 0 fully saturated rings. The van der Waals surface area contributed by atoms with E-state index in [4.69, 9.17) is 0 Å². The van der Waals surface area contributed by atoms with Crippen molar-refractivity contribution in [3.05, 3.63) is 54.1 Å². The number of sulfonamides is 1. The molecule has 132 valence electrons. The van der Waals surface area contributed by atoms with Gasteiger partial charge in [0.25, 0.3) is 10.0 Å². The second-order valence-corrected chi connectivity index (χ2v) is 6.53. The highest BCUT2D eigenvalue weighted by Crippen LogP contribution is 2.21. The van der Waals surface area contributed by atoms with E-state index in [0.717, 1.165) is 0 Å². The van der Waals surface area contributed by atoms with E-state index in [0.29, 0.717) is 5.69 Å². The molecule has 2 aromatic rings. The first-order valence-corrected chi connectivity index (χ1v) is 8.64. The van der Waals surface area contributed by atoms with Gasteiger partial charge in [0.1, 0.15) is 4.90 Å². The minimum atomic E-state index is -3.99. The summed E-state index contributed by atoms with van der Waals surface area (Å²) in [6, 6.07) is 11.4. The van der Waals surface area contributed by atoms with Gasteiger partial charge in [0.05, 0.1) is 12.7 Å². The minimum absolute atomic E-state index is 0.0598. The van der Waals surface area contributed by atoms with Gasteiger partial charge in [-0.15, -0.1) is 0 Å². The Kier molecular flexibility index (Phi) is 5.60. The first kappa shape index (κ1) is 18.3. The van der Waals surface area contributed by atoms with Crippen LogP contribution in [0, 0.1) is 0 Å². The van der Waals surface area contributed by atoms with Crippen LogP contribution in [0.1, 0.15) is 10.4 Å². The quantitative estimate of drug-likeness (QED) is 0.703. The van der Waals surface area contributed by atoms with Crippen LogP contribution in [0.3, 0.4) is 0 Å². The fourth-order valence-electron chi connectivity index (χ4n) is 2.00. The number of anilines is 2. The molecule has 0 atom stereocenters. The SMILES string of the molecule is CNC(=O)Nc1ccc(NS(=O)(=O)c2ccccc2C(=O)OC)cc1. The average molecular weight is 363 g/mol. The Morgan fingerprint density at radius 1 is 0.960 bits per heavy atom. The molecular weight excluding hydrogens is 346 g/mol. The summed E-state index contributed by atoms with van der Waals surface area (Å²) in [5.74, 6) is -0.744. The summed E-state index contributed by atoms with van der Waals surface area (Å²) < 4.78 is 32.1. The summed E-state index contributed by atoms with van der Waals surface area (Å²) in [6.07, 6.45) is 0. The highest BCUT2D eigenvalue weighted by Gasteiger charge is 2.22. The van der Waals surface area contributed by atoms with E-state index in [1.54, 1.807) is 18.2 Å². The van der Waals surface area contributed by atoms with Crippen LogP contribution in [0.15, 0.2) is 53.4 Å². The van der Waals surface area contributed by atoms with Gasteiger partial charge in [-0.25, -0.2) is 18.0 Å². The van der Waals surface area contributed by atoms with Crippen LogP contribution in [-0.2, 0) is 14.8 Å². The third-order valence-electron chi connectivity index (χ3n) is 3.20. The molecule has 2 amide bonds. The predicted octanol–water partition coefficient (Wildman–Crippen LogP) is 2.03. The molecule has 9 heteroatoms. The van der Waals surface area contributed by atoms with E-state index >= 15 is 0 Å². The van der Waals surface area contributed by atoms with E-state index in [1.807, 2.05) is 0 Å². The fraction of sp³-hybridized carbons (Fsp3) is 0.125. The lowest BCUT2D eigenvalue weighted by Crippen LogP contribution is -2.24. The van der Waals surface area contributed by atoms with Gasteiger partial charge in [0.15, 0.2) is 0 Å². The van der Waals surface area contributed by atoms with Crippen LogP contribution in [0.2, 0.25) is 0 Å². The zero-order valence-electron chi connectivity index (χ0n) is 13.6. The largest absolute Gasteiger partial charge is 0.465 e. The van der Waals surface area contributed by atoms with Gasteiger partial charge < -0.3 is 15.4 Å². The number of carbonyl (C=O) groups excluding carboxylic acids is 2. The van der Waals surface area contributed by atoms with Gasteiger partial charge in [-0.1, -0.05) is 12.1 Å². The first-order chi connectivity index (χ1) is 11.9. The number of hydrogen-bond acceptors (Lipinski definition) is 5. The molecule has 0 heterocycles. The first-order valence-electron chi connectivity index (χ1n) is 7.16. The Hall–Kier alpha value is -3.07. The maximum atomic E-state index is 12.6. The third-order valence-corrected chi connectivity index (χ3v) is 4.64. The number of urea groups is 1. The Morgan fingerprint density at radius 3 is 2.16 bits per heavy atom. The average Bonchev–Trinajstić information content (AvgIpc) is 2.62. The summed E-state index contributed by atoms with van der Waals surface area (Å²) in [5.41, 5.74) is 0.717. The summed E-state index contributed by atoms with van der Waals surface area (Å²) in [5, 5.41) is 4.96. The zero-order chi connectivity index (χ0) is 18.4. The molecule has 25 heavy (non-hydrogen) atoms. The van der Waals surface area contributed by atoms with Crippen LogP contribution in [0.5, 0.6) is 0 Å². The van der Waals surface area contributed by atoms with Crippen molar-refractivity contribution in [3.8, 4) is 0 Å². The van der Waals surface area contributed by atoms with Crippen LogP contribution >= 0.6 is 0 Å². The lowest BCUT2D eigenvalue weighted by atomic mass is 10.2. The Morgan fingerprint density at radius 2 is 1.56 bits per heavy atom. The highest BCUT2D eigenvalue weighted by atomic mass is 32.2. The normalized spacial score (nSPS) is 10.6. The molecule has 8 nitrogen and oxygen atoms in total. The summed E-state index contributed by atoms with van der Waals surface area (Å²) >= 11 is 0. The molecule has 0 aliphatic heterocycles. The molecule has 0 spiro atoms. The molecule has 0 radical (unpaired) electrons.